The average Bonchev–Trinajstić information content (AvgIpc) is 2.58. The highest BCUT2D eigenvalue weighted by atomic mass is 35.5. The minimum atomic E-state index is -0.955. The lowest BCUT2D eigenvalue weighted by atomic mass is 10.1. The van der Waals surface area contributed by atoms with E-state index in [0.717, 1.165) is 16.7 Å². The lowest BCUT2D eigenvalue weighted by Crippen LogP contribution is -2.32. The summed E-state index contributed by atoms with van der Waals surface area (Å²) in [4.78, 5) is 24.1. The number of anilines is 1. The third-order valence-electron chi connectivity index (χ3n) is 3.88. The number of nitrogens with one attached hydrogen (secondary N) is 1. The first-order chi connectivity index (χ1) is 12.3. The molecule has 0 bridgehead atoms. The Hall–Kier alpha value is -2.53. The van der Waals surface area contributed by atoms with E-state index in [4.69, 9.17) is 21.1 Å². The monoisotopic (exact) mass is 375 g/mol. The summed E-state index contributed by atoms with van der Waals surface area (Å²) < 4.78 is 10.6. The van der Waals surface area contributed by atoms with Gasteiger partial charge in [-0.25, -0.2) is 4.79 Å². The van der Waals surface area contributed by atoms with Crippen LogP contribution >= 0.6 is 11.6 Å². The van der Waals surface area contributed by atoms with Crippen molar-refractivity contribution in [2.24, 2.45) is 0 Å². The SMILES string of the molecule is Cc1ccc(OCC(=O)O[C@@H](C)C(=O)Nc2cccc(Cl)c2C)c(C)c1. The Morgan fingerprint density at radius 3 is 2.58 bits per heavy atom. The highest BCUT2D eigenvalue weighted by Crippen LogP contribution is 2.23. The van der Waals surface area contributed by atoms with Crippen LogP contribution in [0.25, 0.3) is 0 Å². The molecule has 0 saturated carbocycles. The lowest BCUT2D eigenvalue weighted by Gasteiger charge is -2.15. The molecule has 138 valence electrons. The van der Waals surface area contributed by atoms with Gasteiger partial charge in [0.05, 0.1) is 0 Å². The van der Waals surface area contributed by atoms with Gasteiger partial charge in [0.1, 0.15) is 5.75 Å². The highest BCUT2D eigenvalue weighted by Gasteiger charge is 2.19. The van der Waals surface area contributed by atoms with Crippen LogP contribution in [-0.2, 0) is 14.3 Å². The Morgan fingerprint density at radius 2 is 1.88 bits per heavy atom. The van der Waals surface area contributed by atoms with Gasteiger partial charge in [-0.3, -0.25) is 4.79 Å². The second kappa shape index (κ2) is 8.72. The van der Waals surface area contributed by atoms with E-state index in [1.807, 2.05) is 26.0 Å². The molecular weight excluding hydrogens is 354 g/mol. The van der Waals surface area contributed by atoms with Crippen molar-refractivity contribution in [2.45, 2.75) is 33.8 Å². The summed E-state index contributed by atoms with van der Waals surface area (Å²) in [6, 6.07) is 10.9. The number of hydrogen-bond donors (Lipinski definition) is 1. The van der Waals surface area contributed by atoms with Gasteiger partial charge >= 0.3 is 5.97 Å². The number of hydrogen-bond acceptors (Lipinski definition) is 4. The van der Waals surface area contributed by atoms with E-state index in [1.165, 1.54) is 6.92 Å². The normalized spacial score (nSPS) is 11.6. The van der Waals surface area contributed by atoms with Gasteiger partial charge in [0.15, 0.2) is 12.7 Å². The standard InChI is InChI=1S/C20H22ClNO4/c1-12-8-9-18(13(2)10-12)25-11-19(23)26-15(4)20(24)22-17-7-5-6-16(21)14(17)3/h5-10,15H,11H2,1-4H3,(H,22,24)/t15-/m0/s1. The molecule has 0 aromatic heterocycles. The minimum Gasteiger partial charge on any atom is -0.482 e. The summed E-state index contributed by atoms with van der Waals surface area (Å²) in [5, 5.41) is 3.25. The topological polar surface area (TPSA) is 64.6 Å². The van der Waals surface area contributed by atoms with Gasteiger partial charge in [0.25, 0.3) is 5.91 Å². The fourth-order valence-electron chi connectivity index (χ4n) is 2.36. The first-order valence-electron chi connectivity index (χ1n) is 8.23. The van der Waals surface area contributed by atoms with E-state index < -0.39 is 18.0 Å². The predicted molar refractivity (Wildman–Crippen MR) is 102 cm³/mol. The van der Waals surface area contributed by atoms with E-state index in [9.17, 15) is 9.59 Å². The summed E-state index contributed by atoms with van der Waals surface area (Å²) in [6.07, 6.45) is -0.955. The van der Waals surface area contributed by atoms with Gasteiger partial charge in [0.2, 0.25) is 0 Å². The largest absolute Gasteiger partial charge is 0.482 e. The Morgan fingerprint density at radius 1 is 1.15 bits per heavy atom. The number of halogens is 1. The second-order valence-corrected chi connectivity index (χ2v) is 6.50. The summed E-state index contributed by atoms with van der Waals surface area (Å²) >= 11 is 6.03. The molecule has 0 radical (unpaired) electrons. The van der Waals surface area contributed by atoms with Crippen LogP contribution in [0.4, 0.5) is 5.69 Å². The summed E-state index contributed by atoms with van der Waals surface area (Å²) in [5.41, 5.74) is 3.37. The van der Waals surface area contributed by atoms with Gasteiger partial charge in [-0.05, 0) is 57.0 Å². The maximum Gasteiger partial charge on any atom is 0.344 e. The zero-order chi connectivity index (χ0) is 19.3. The number of carbonyl (C=O) groups excluding carboxylic acids is 2. The van der Waals surface area contributed by atoms with Gasteiger partial charge in [-0.15, -0.1) is 0 Å². The van der Waals surface area contributed by atoms with Crippen molar-refractivity contribution < 1.29 is 19.1 Å². The van der Waals surface area contributed by atoms with Crippen LogP contribution in [-0.4, -0.2) is 24.6 Å². The minimum absolute atomic E-state index is 0.266. The fraction of sp³-hybridized carbons (Fsp3) is 0.300. The molecule has 0 unspecified atom stereocenters. The third kappa shape index (κ3) is 5.23. The predicted octanol–water partition coefficient (Wildman–Crippen LogP) is 4.21. The molecule has 1 amide bonds. The van der Waals surface area contributed by atoms with Crippen LogP contribution in [0, 0.1) is 20.8 Å². The van der Waals surface area contributed by atoms with E-state index in [0.29, 0.717) is 16.5 Å². The van der Waals surface area contributed by atoms with Crippen molar-refractivity contribution in [3.05, 3.63) is 58.1 Å². The number of benzene rings is 2. The van der Waals surface area contributed by atoms with Crippen LogP contribution in [0.5, 0.6) is 5.75 Å². The maximum absolute atomic E-state index is 12.2. The Kier molecular flexibility index (Phi) is 6.64. The molecule has 6 heteroatoms. The molecule has 1 N–H and O–H groups in total. The molecule has 26 heavy (non-hydrogen) atoms. The number of aryl methyl sites for hydroxylation is 2. The van der Waals surface area contributed by atoms with Gasteiger partial charge in [-0.1, -0.05) is 35.4 Å². The van der Waals surface area contributed by atoms with Crippen molar-refractivity contribution in [1.29, 1.82) is 0 Å². The molecule has 0 aliphatic rings. The van der Waals surface area contributed by atoms with E-state index in [1.54, 1.807) is 31.2 Å². The second-order valence-electron chi connectivity index (χ2n) is 6.09. The Balaban J connectivity index is 1.87. The molecule has 0 spiro atoms. The van der Waals surface area contributed by atoms with Crippen molar-refractivity contribution in [2.75, 3.05) is 11.9 Å². The van der Waals surface area contributed by atoms with Crippen molar-refractivity contribution >= 4 is 29.2 Å². The average molecular weight is 376 g/mol. The number of rotatable bonds is 6. The fourth-order valence-corrected chi connectivity index (χ4v) is 2.53. The molecule has 0 saturated heterocycles. The molecule has 0 aliphatic carbocycles. The molecule has 1 atom stereocenters. The summed E-state index contributed by atoms with van der Waals surface area (Å²) in [5.74, 6) is -0.440. The zero-order valence-corrected chi connectivity index (χ0v) is 16.0. The molecule has 0 aliphatic heterocycles. The Labute approximate surface area is 158 Å². The van der Waals surface area contributed by atoms with Gasteiger partial charge in [-0.2, -0.15) is 0 Å². The van der Waals surface area contributed by atoms with Crippen LogP contribution in [0.1, 0.15) is 23.6 Å². The van der Waals surface area contributed by atoms with Crippen LogP contribution in [0.15, 0.2) is 36.4 Å². The van der Waals surface area contributed by atoms with Crippen molar-refractivity contribution in [1.82, 2.24) is 0 Å². The molecule has 2 rings (SSSR count). The van der Waals surface area contributed by atoms with Crippen LogP contribution in [0.2, 0.25) is 5.02 Å². The lowest BCUT2D eigenvalue weighted by molar-refractivity contribution is -0.155. The molecule has 0 heterocycles. The molecule has 5 nitrogen and oxygen atoms in total. The van der Waals surface area contributed by atoms with Crippen LogP contribution in [0.3, 0.4) is 0 Å². The third-order valence-corrected chi connectivity index (χ3v) is 4.29. The maximum atomic E-state index is 12.2. The molecular formula is C20H22ClNO4. The first kappa shape index (κ1) is 19.8. The smallest absolute Gasteiger partial charge is 0.344 e. The zero-order valence-electron chi connectivity index (χ0n) is 15.3. The highest BCUT2D eigenvalue weighted by molar-refractivity contribution is 6.31. The Bertz CT molecular complexity index is 819. The quantitative estimate of drug-likeness (QED) is 0.768. The van der Waals surface area contributed by atoms with Crippen LogP contribution < -0.4 is 10.1 Å². The number of amides is 1. The number of esters is 1. The van der Waals surface area contributed by atoms with Gasteiger partial charge < -0.3 is 14.8 Å². The first-order valence-corrected chi connectivity index (χ1v) is 8.61. The number of ether oxygens (including phenoxy) is 2. The molecule has 0 fully saturated rings. The number of carbonyl (C=O) groups is 2. The van der Waals surface area contributed by atoms with Crippen molar-refractivity contribution in [3.8, 4) is 5.75 Å². The van der Waals surface area contributed by atoms with E-state index >= 15 is 0 Å². The van der Waals surface area contributed by atoms with Crippen molar-refractivity contribution in [3.63, 3.8) is 0 Å². The van der Waals surface area contributed by atoms with E-state index in [-0.39, 0.29) is 6.61 Å². The summed E-state index contributed by atoms with van der Waals surface area (Å²) in [7, 11) is 0. The molecule has 2 aromatic carbocycles. The molecule has 2 aromatic rings. The summed E-state index contributed by atoms with van der Waals surface area (Å²) in [6.45, 7) is 6.92. The van der Waals surface area contributed by atoms with E-state index in [2.05, 4.69) is 5.32 Å². The van der Waals surface area contributed by atoms with Gasteiger partial charge in [0, 0.05) is 10.7 Å².